The zero-order valence-corrected chi connectivity index (χ0v) is 13.6. The van der Waals surface area contributed by atoms with E-state index in [0.717, 1.165) is 24.9 Å². The summed E-state index contributed by atoms with van der Waals surface area (Å²) in [5, 5.41) is 3.21. The highest BCUT2D eigenvalue weighted by Gasteiger charge is 2.30. The summed E-state index contributed by atoms with van der Waals surface area (Å²) >= 11 is 0. The molecule has 22 heavy (non-hydrogen) atoms. The van der Waals surface area contributed by atoms with Crippen molar-refractivity contribution in [3.05, 3.63) is 30.1 Å². The minimum atomic E-state index is -0.491. The van der Waals surface area contributed by atoms with E-state index in [2.05, 4.69) is 5.32 Å². The molecule has 0 radical (unpaired) electrons. The number of hydrogen-bond acceptors (Lipinski definition) is 3. The molecule has 4 nitrogen and oxygen atoms in total. The van der Waals surface area contributed by atoms with E-state index in [1.54, 1.807) is 11.0 Å². The van der Waals surface area contributed by atoms with Gasteiger partial charge in [0.05, 0.1) is 6.04 Å². The second-order valence-electron chi connectivity index (χ2n) is 6.71. The molecule has 1 aliphatic rings. The molecule has 0 aromatic heterocycles. The van der Waals surface area contributed by atoms with E-state index in [1.165, 1.54) is 12.1 Å². The maximum Gasteiger partial charge on any atom is 0.410 e. The van der Waals surface area contributed by atoms with E-state index >= 15 is 0 Å². The Labute approximate surface area is 131 Å². The molecule has 122 valence electrons. The van der Waals surface area contributed by atoms with E-state index in [1.807, 2.05) is 26.8 Å². The maximum atomic E-state index is 13.2. The van der Waals surface area contributed by atoms with Gasteiger partial charge in [0.15, 0.2) is 0 Å². The largest absolute Gasteiger partial charge is 0.444 e. The van der Waals surface area contributed by atoms with E-state index in [9.17, 15) is 9.18 Å². The predicted octanol–water partition coefficient (Wildman–Crippen LogP) is 4.03. The van der Waals surface area contributed by atoms with Crippen molar-refractivity contribution >= 4 is 11.8 Å². The molecule has 1 atom stereocenters. The lowest BCUT2D eigenvalue weighted by molar-refractivity contribution is 0.0114. The van der Waals surface area contributed by atoms with Gasteiger partial charge in [-0.05, 0) is 58.2 Å². The zero-order chi connectivity index (χ0) is 16.2. The van der Waals surface area contributed by atoms with Crippen molar-refractivity contribution in [2.24, 2.45) is 0 Å². The third kappa shape index (κ3) is 4.90. The van der Waals surface area contributed by atoms with Crippen LogP contribution in [0.3, 0.4) is 0 Å². The lowest BCUT2D eigenvalue weighted by Crippen LogP contribution is -2.48. The first-order valence-corrected chi connectivity index (χ1v) is 7.84. The molecule has 0 spiro atoms. The topological polar surface area (TPSA) is 41.6 Å². The molecule has 0 bridgehead atoms. The van der Waals surface area contributed by atoms with E-state index in [4.69, 9.17) is 4.74 Å². The van der Waals surface area contributed by atoms with Gasteiger partial charge >= 0.3 is 6.09 Å². The van der Waals surface area contributed by atoms with Crippen LogP contribution in [0.2, 0.25) is 0 Å². The Bertz CT molecular complexity index is 514. The van der Waals surface area contributed by atoms with Gasteiger partial charge in [-0.1, -0.05) is 6.07 Å². The minimum Gasteiger partial charge on any atom is -0.444 e. The fourth-order valence-corrected chi connectivity index (χ4v) is 2.61. The van der Waals surface area contributed by atoms with Gasteiger partial charge in [-0.15, -0.1) is 0 Å². The summed E-state index contributed by atoms with van der Waals surface area (Å²) in [5.74, 6) is -0.266. The summed E-state index contributed by atoms with van der Waals surface area (Å²) in [5.41, 5.74) is 0.240. The number of nitrogens with one attached hydrogen (secondary N) is 1. The lowest BCUT2D eigenvalue weighted by Gasteiger charge is -2.37. The number of benzene rings is 1. The number of carbonyl (C=O) groups is 1. The Hall–Kier alpha value is -1.78. The fraction of sp³-hybridized carbons (Fsp3) is 0.588. The Morgan fingerprint density at radius 3 is 2.86 bits per heavy atom. The average Bonchev–Trinajstić information content (AvgIpc) is 2.44. The van der Waals surface area contributed by atoms with Crippen LogP contribution in [-0.4, -0.2) is 35.7 Å². The number of amides is 1. The van der Waals surface area contributed by atoms with Crippen LogP contribution in [0.1, 0.15) is 40.0 Å². The van der Waals surface area contributed by atoms with Crippen molar-refractivity contribution in [3.8, 4) is 0 Å². The molecular weight excluding hydrogens is 283 g/mol. The highest BCUT2D eigenvalue weighted by Crippen LogP contribution is 2.21. The third-order valence-electron chi connectivity index (χ3n) is 3.62. The van der Waals surface area contributed by atoms with Crippen LogP contribution in [0.5, 0.6) is 0 Å². The van der Waals surface area contributed by atoms with Crippen LogP contribution in [-0.2, 0) is 4.74 Å². The van der Waals surface area contributed by atoms with E-state index < -0.39 is 5.60 Å². The quantitative estimate of drug-likeness (QED) is 0.916. The number of halogens is 1. The Morgan fingerprint density at radius 2 is 2.18 bits per heavy atom. The second kappa shape index (κ2) is 6.99. The van der Waals surface area contributed by atoms with Crippen molar-refractivity contribution < 1.29 is 13.9 Å². The summed E-state index contributed by atoms with van der Waals surface area (Å²) < 4.78 is 18.7. The molecule has 1 amide bonds. The summed E-state index contributed by atoms with van der Waals surface area (Å²) in [6.45, 7) is 6.92. The Kier molecular flexibility index (Phi) is 5.27. The van der Waals surface area contributed by atoms with Crippen LogP contribution >= 0.6 is 0 Å². The lowest BCUT2D eigenvalue weighted by atomic mass is 10.0. The van der Waals surface area contributed by atoms with Gasteiger partial charge < -0.3 is 15.0 Å². The number of carbonyl (C=O) groups excluding carboxylic acids is 1. The van der Waals surface area contributed by atoms with Gasteiger partial charge in [-0.3, -0.25) is 0 Å². The number of nitrogens with zero attached hydrogens (tertiary/aromatic N) is 1. The number of piperidine rings is 1. The van der Waals surface area contributed by atoms with E-state index in [-0.39, 0.29) is 18.0 Å². The highest BCUT2D eigenvalue weighted by molar-refractivity contribution is 5.68. The maximum absolute atomic E-state index is 13.2. The van der Waals surface area contributed by atoms with E-state index in [0.29, 0.717) is 13.1 Å². The first-order valence-electron chi connectivity index (χ1n) is 7.84. The molecule has 0 unspecified atom stereocenters. The molecule has 5 heteroatoms. The summed E-state index contributed by atoms with van der Waals surface area (Å²) in [7, 11) is 0. The monoisotopic (exact) mass is 308 g/mol. The van der Waals surface area contributed by atoms with Crippen molar-refractivity contribution in [3.63, 3.8) is 0 Å². The van der Waals surface area contributed by atoms with Gasteiger partial charge in [-0.25, -0.2) is 9.18 Å². The SMILES string of the molecule is CC(C)(C)OC(=O)N1CCCC[C@H]1CNc1cccc(F)c1. The smallest absolute Gasteiger partial charge is 0.410 e. The molecule has 1 saturated heterocycles. The standard InChI is InChI=1S/C17H25FN2O2/c1-17(2,3)22-16(21)20-10-5-4-9-15(20)12-19-14-8-6-7-13(18)11-14/h6-8,11,15,19H,4-5,9-10,12H2,1-3H3/t15-/m0/s1. The first-order chi connectivity index (χ1) is 10.3. The van der Waals surface area contributed by atoms with Gasteiger partial charge in [0.1, 0.15) is 11.4 Å². The summed E-state index contributed by atoms with van der Waals surface area (Å²) in [6.07, 6.45) is 2.75. The van der Waals surface area contributed by atoms with Crippen LogP contribution in [0.4, 0.5) is 14.9 Å². The van der Waals surface area contributed by atoms with Crippen molar-refractivity contribution in [1.29, 1.82) is 0 Å². The Balaban J connectivity index is 1.96. The molecular formula is C17H25FN2O2. The number of likely N-dealkylation sites (tertiary alicyclic amines) is 1. The second-order valence-corrected chi connectivity index (χ2v) is 6.71. The minimum absolute atomic E-state index is 0.0758. The normalized spacial score (nSPS) is 18.9. The molecule has 1 aromatic rings. The van der Waals surface area contributed by atoms with Crippen LogP contribution in [0.25, 0.3) is 0 Å². The molecule has 1 fully saturated rings. The molecule has 1 aromatic carbocycles. The van der Waals surface area contributed by atoms with Gasteiger partial charge in [0, 0.05) is 18.8 Å². The number of rotatable bonds is 3. The molecule has 0 saturated carbocycles. The average molecular weight is 308 g/mol. The van der Waals surface area contributed by atoms with Gasteiger partial charge in [-0.2, -0.15) is 0 Å². The number of hydrogen-bond donors (Lipinski definition) is 1. The molecule has 1 aliphatic heterocycles. The van der Waals surface area contributed by atoms with Crippen LogP contribution in [0.15, 0.2) is 24.3 Å². The van der Waals surface area contributed by atoms with Crippen LogP contribution < -0.4 is 5.32 Å². The molecule has 0 aliphatic carbocycles. The van der Waals surface area contributed by atoms with Crippen LogP contribution in [0, 0.1) is 5.82 Å². The van der Waals surface area contributed by atoms with Crippen molar-refractivity contribution in [1.82, 2.24) is 4.90 Å². The molecule has 1 N–H and O–H groups in total. The molecule has 2 rings (SSSR count). The number of anilines is 1. The number of ether oxygens (including phenoxy) is 1. The first kappa shape index (κ1) is 16.6. The summed E-state index contributed by atoms with van der Waals surface area (Å²) in [4.78, 5) is 14.1. The fourth-order valence-electron chi connectivity index (χ4n) is 2.61. The van der Waals surface area contributed by atoms with Crippen molar-refractivity contribution in [2.75, 3.05) is 18.4 Å². The van der Waals surface area contributed by atoms with Gasteiger partial charge in [0.2, 0.25) is 0 Å². The zero-order valence-electron chi connectivity index (χ0n) is 13.6. The summed E-state index contributed by atoms with van der Waals surface area (Å²) in [6, 6.07) is 6.44. The third-order valence-corrected chi connectivity index (χ3v) is 3.62. The van der Waals surface area contributed by atoms with Crippen molar-refractivity contribution in [2.45, 2.75) is 51.7 Å². The predicted molar refractivity (Wildman–Crippen MR) is 85.5 cm³/mol. The highest BCUT2D eigenvalue weighted by atomic mass is 19.1. The molecule has 1 heterocycles. The van der Waals surface area contributed by atoms with Gasteiger partial charge in [0.25, 0.3) is 0 Å². The Morgan fingerprint density at radius 1 is 1.41 bits per heavy atom.